The molecule has 2 N–H and O–H groups in total. The zero-order valence-electron chi connectivity index (χ0n) is 17.4. The van der Waals surface area contributed by atoms with E-state index in [1.807, 2.05) is 4.57 Å². The largest absolute Gasteiger partial charge is 0.382 e. The van der Waals surface area contributed by atoms with Gasteiger partial charge in [0.05, 0.1) is 19.0 Å². The molecule has 0 saturated carbocycles. The van der Waals surface area contributed by atoms with Crippen LogP contribution in [0.4, 0.5) is 10.2 Å². The summed E-state index contributed by atoms with van der Waals surface area (Å²) < 4.78 is 23.3. The Hall–Kier alpha value is -3.05. The number of hydrogen-bond acceptors (Lipinski definition) is 8. The predicted molar refractivity (Wildman–Crippen MR) is 119 cm³/mol. The zero-order chi connectivity index (χ0) is 21.9. The maximum absolute atomic E-state index is 13.4. The van der Waals surface area contributed by atoms with Crippen molar-refractivity contribution in [1.82, 2.24) is 34.3 Å². The molecule has 1 aliphatic rings. The summed E-state index contributed by atoms with van der Waals surface area (Å²) in [6.45, 7) is 2.23. The van der Waals surface area contributed by atoms with E-state index in [1.54, 1.807) is 30.2 Å². The third kappa shape index (κ3) is 4.30. The lowest BCUT2D eigenvalue weighted by Gasteiger charge is -2.14. The molecule has 9 nitrogen and oxygen atoms in total. The van der Waals surface area contributed by atoms with Crippen molar-refractivity contribution in [2.24, 2.45) is 0 Å². The maximum Gasteiger partial charge on any atom is 0.191 e. The molecule has 1 aromatic carbocycles. The average molecular weight is 455 g/mol. The Morgan fingerprint density at radius 1 is 1.16 bits per heavy atom. The first-order chi connectivity index (χ1) is 15.7. The van der Waals surface area contributed by atoms with E-state index >= 15 is 0 Å². The number of halogens is 1. The highest BCUT2D eigenvalue weighted by Gasteiger charge is 2.22. The third-order valence-corrected chi connectivity index (χ3v) is 6.49. The minimum absolute atomic E-state index is 0.145. The van der Waals surface area contributed by atoms with Gasteiger partial charge in [0.25, 0.3) is 0 Å². The molecule has 0 aliphatic carbocycles. The van der Waals surface area contributed by atoms with Crippen molar-refractivity contribution in [3.05, 3.63) is 42.7 Å². The Bertz CT molecular complexity index is 1200. The predicted octanol–water partition coefficient (Wildman–Crippen LogP) is 3.17. The number of nitrogen functional groups attached to an aromatic ring is 1. The summed E-state index contributed by atoms with van der Waals surface area (Å²) in [5, 5.41) is 9.66. The standard InChI is InChI=1S/C21H23FN8OS/c22-15-6-4-14(5-7-15)19-27-28-21(30(19)11-16-3-1-9-31-16)32-10-2-8-29-13-26-17-18(23)24-12-25-20(17)29/h4-7,12-13,16H,1-3,8-11H2,(H2,23,24,25). The SMILES string of the molecule is Nc1ncnc2c1ncn2CCCSc1nnc(-c2ccc(F)cc2)n1CC1CCCO1. The van der Waals surface area contributed by atoms with Gasteiger partial charge < -0.3 is 15.0 Å². The number of nitrogens with zero attached hydrogens (tertiary/aromatic N) is 7. The van der Waals surface area contributed by atoms with Crippen LogP contribution < -0.4 is 5.73 Å². The molecule has 11 heteroatoms. The van der Waals surface area contributed by atoms with Crippen molar-refractivity contribution in [1.29, 1.82) is 0 Å². The van der Waals surface area contributed by atoms with E-state index in [0.717, 1.165) is 60.4 Å². The van der Waals surface area contributed by atoms with Crippen LogP contribution in [-0.2, 0) is 17.8 Å². The molecule has 166 valence electrons. The molecular weight excluding hydrogens is 431 g/mol. The first kappa shape index (κ1) is 20.8. The molecule has 0 radical (unpaired) electrons. The second-order valence-electron chi connectivity index (χ2n) is 7.63. The van der Waals surface area contributed by atoms with Crippen molar-refractivity contribution in [2.75, 3.05) is 18.1 Å². The molecule has 1 saturated heterocycles. The Morgan fingerprint density at radius 3 is 2.84 bits per heavy atom. The molecule has 0 spiro atoms. The molecule has 1 aliphatic heterocycles. The smallest absolute Gasteiger partial charge is 0.191 e. The van der Waals surface area contributed by atoms with Crippen LogP contribution in [0.25, 0.3) is 22.6 Å². The van der Waals surface area contributed by atoms with Crippen LogP contribution in [0.15, 0.2) is 42.1 Å². The molecule has 4 heterocycles. The number of anilines is 1. The van der Waals surface area contributed by atoms with Crippen LogP contribution in [0.1, 0.15) is 19.3 Å². The van der Waals surface area contributed by atoms with Gasteiger partial charge in [0.15, 0.2) is 22.4 Å². The Balaban J connectivity index is 1.29. The summed E-state index contributed by atoms with van der Waals surface area (Å²) in [5.41, 5.74) is 8.07. The highest BCUT2D eigenvalue weighted by Crippen LogP contribution is 2.27. The van der Waals surface area contributed by atoms with Gasteiger partial charge in [0, 0.05) is 24.5 Å². The van der Waals surface area contributed by atoms with Crippen LogP contribution >= 0.6 is 11.8 Å². The minimum atomic E-state index is -0.271. The molecule has 32 heavy (non-hydrogen) atoms. The van der Waals surface area contributed by atoms with Crippen molar-refractivity contribution in [3.8, 4) is 11.4 Å². The number of thioether (sulfide) groups is 1. The van der Waals surface area contributed by atoms with E-state index in [2.05, 4.69) is 29.7 Å². The number of nitrogens with two attached hydrogens (primary N) is 1. The summed E-state index contributed by atoms with van der Waals surface area (Å²) in [6, 6.07) is 6.35. The Kier molecular flexibility index (Phi) is 5.99. The van der Waals surface area contributed by atoms with E-state index in [-0.39, 0.29) is 11.9 Å². The maximum atomic E-state index is 13.4. The summed E-state index contributed by atoms with van der Waals surface area (Å²) in [6.07, 6.45) is 6.31. The fourth-order valence-corrected chi connectivity index (χ4v) is 4.70. The lowest BCUT2D eigenvalue weighted by atomic mass is 10.2. The highest BCUT2D eigenvalue weighted by atomic mass is 32.2. The average Bonchev–Trinajstić information content (AvgIpc) is 3.54. The number of ether oxygens (including phenoxy) is 1. The number of aromatic nitrogens is 7. The van der Waals surface area contributed by atoms with Crippen LogP contribution in [0.5, 0.6) is 0 Å². The van der Waals surface area contributed by atoms with E-state index in [4.69, 9.17) is 10.5 Å². The fraction of sp³-hybridized carbons (Fsp3) is 0.381. The Labute approximate surface area is 188 Å². The van der Waals surface area contributed by atoms with Crippen molar-refractivity contribution >= 4 is 28.7 Å². The van der Waals surface area contributed by atoms with Gasteiger partial charge in [-0.2, -0.15) is 0 Å². The van der Waals surface area contributed by atoms with Crippen molar-refractivity contribution in [3.63, 3.8) is 0 Å². The van der Waals surface area contributed by atoms with Crippen molar-refractivity contribution < 1.29 is 9.13 Å². The lowest BCUT2D eigenvalue weighted by Crippen LogP contribution is -2.16. The minimum Gasteiger partial charge on any atom is -0.382 e. The quantitative estimate of drug-likeness (QED) is 0.319. The zero-order valence-corrected chi connectivity index (χ0v) is 18.2. The summed E-state index contributed by atoms with van der Waals surface area (Å²) in [5.74, 6) is 1.69. The first-order valence-electron chi connectivity index (χ1n) is 10.5. The highest BCUT2D eigenvalue weighted by molar-refractivity contribution is 7.99. The molecule has 0 bridgehead atoms. The van der Waals surface area contributed by atoms with Gasteiger partial charge in [0.2, 0.25) is 0 Å². The number of hydrogen-bond donors (Lipinski definition) is 1. The van der Waals surface area contributed by atoms with E-state index < -0.39 is 0 Å². The van der Waals surface area contributed by atoms with E-state index in [0.29, 0.717) is 17.9 Å². The fourth-order valence-electron chi connectivity index (χ4n) is 3.83. The molecular formula is C21H23FN8OS. The molecule has 1 unspecified atom stereocenters. The normalized spacial score (nSPS) is 16.2. The molecule has 4 aromatic rings. The number of aryl methyl sites for hydroxylation is 1. The molecule has 5 rings (SSSR count). The summed E-state index contributed by atoms with van der Waals surface area (Å²) >= 11 is 1.65. The number of rotatable bonds is 8. The number of imidazole rings is 1. The van der Waals surface area contributed by atoms with E-state index in [9.17, 15) is 4.39 Å². The van der Waals surface area contributed by atoms with Gasteiger partial charge in [-0.15, -0.1) is 10.2 Å². The molecule has 1 fully saturated rings. The van der Waals surface area contributed by atoms with Crippen LogP contribution in [0.2, 0.25) is 0 Å². The number of fused-ring (bicyclic) bond motifs is 1. The third-order valence-electron chi connectivity index (χ3n) is 5.43. The van der Waals surface area contributed by atoms with Gasteiger partial charge in [-0.3, -0.25) is 4.57 Å². The molecule has 1 atom stereocenters. The number of benzene rings is 1. The molecule has 0 amide bonds. The second kappa shape index (κ2) is 9.21. The van der Waals surface area contributed by atoms with Gasteiger partial charge >= 0.3 is 0 Å². The van der Waals surface area contributed by atoms with Crippen LogP contribution in [0, 0.1) is 5.82 Å². The van der Waals surface area contributed by atoms with Gasteiger partial charge in [-0.25, -0.2) is 19.3 Å². The van der Waals surface area contributed by atoms with E-state index in [1.165, 1.54) is 18.5 Å². The van der Waals surface area contributed by atoms with Crippen LogP contribution in [-0.4, -0.2) is 52.7 Å². The van der Waals surface area contributed by atoms with Gasteiger partial charge in [-0.1, -0.05) is 11.8 Å². The monoisotopic (exact) mass is 454 g/mol. The summed E-state index contributed by atoms with van der Waals surface area (Å²) in [7, 11) is 0. The van der Waals surface area contributed by atoms with Crippen molar-refractivity contribution in [2.45, 2.75) is 43.6 Å². The second-order valence-corrected chi connectivity index (χ2v) is 8.69. The lowest BCUT2D eigenvalue weighted by molar-refractivity contribution is 0.0953. The Morgan fingerprint density at radius 2 is 2.03 bits per heavy atom. The topological polar surface area (TPSA) is 110 Å². The van der Waals surface area contributed by atoms with Gasteiger partial charge in [-0.05, 0) is 43.5 Å². The van der Waals surface area contributed by atoms with Crippen LogP contribution in [0.3, 0.4) is 0 Å². The summed E-state index contributed by atoms with van der Waals surface area (Å²) in [4.78, 5) is 12.6. The van der Waals surface area contributed by atoms with Gasteiger partial charge in [0.1, 0.15) is 17.7 Å². The molecule has 3 aromatic heterocycles. The first-order valence-corrected chi connectivity index (χ1v) is 11.5.